The van der Waals surface area contributed by atoms with Crippen LogP contribution in [0.25, 0.3) is 0 Å². The lowest BCUT2D eigenvalue weighted by Crippen LogP contribution is -2.38. The average Bonchev–Trinajstić information content (AvgIpc) is 2.43. The van der Waals surface area contributed by atoms with E-state index in [9.17, 15) is 0 Å². The normalized spacial score (nSPS) is 22.3. The fourth-order valence-electron chi connectivity index (χ4n) is 2.29. The van der Waals surface area contributed by atoms with Gasteiger partial charge in [-0.3, -0.25) is 0 Å². The lowest BCUT2D eigenvalue weighted by Gasteiger charge is -2.34. The van der Waals surface area contributed by atoms with Crippen LogP contribution in [0.3, 0.4) is 0 Å². The maximum Gasteiger partial charge on any atom is 0.124 e. The van der Waals surface area contributed by atoms with Crippen LogP contribution < -0.4 is 10.1 Å². The summed E-state index contributed by atoms with van der Waals surface area (Å²) >= 11 is 2.03. The number of ether oxygens (including phenoxy) is 1. The summed E-state index contributed by atoms with van der Waals surface area (Å²) in [5, 5.41) is 4.22. The predicted molar refractivity (Wildman–Crippen MR) is 79.5 cm³/mol. The van der Waals surface area contributed by atoms with Gasteiger partial charge in [-0.05, 0) is 31.2 Å². The van der Waals surface area contributed by atoms with Gasteiger partial charge in [0.25, 0.3) is 0 Å². The summed E-state index contributed by atoms with van der Waals surface area (Å²) in [6.07, 6.45) is 2.40. The first kappa shape index (κ1) is 13.8. The molecule has 2 nitrogen and oxygen atoms in total. The van der Waals surface area contributed by atoms with E-state index in [0.717, 1.165) is 18.9 Å². The highest BCUT2D eigenvalue weighted by molar-refractivity contribution is 7.99. The second-order valence-electron chi connectivity index (χ2n) is 4.69. The summed E-state index contributed by atoms with van der Waals surface area (Å²) in [6.45, 7) is 6.34. The number of para-hydroxylation sites is 1. The highest BCUT2D eigenvalue weighted by atomic mass is 32.2. The molecule has 0 radical (unpaired) electrons. The van der Waals surface area contributed by atoms with Gasteiger partial charge in [0.05, 0.1) is 11.3 Å². The summed E-state index contributed by atoms with van der Waals surface area (Å²) in [4.78, 5) is 0. The molecule has 1 aromatic carbocycles. The van der Waals surface area contributed by atoms with Crippen LogP contribution in [0.5, 0.6) is 5.75 Å². The van der Waals surface area contributed by atoms with Crippen molar-refractivity contribution in [3.63, 3.8) is 0 Å². The van der Waals surface area contributed by atoms with E-state index in [1.54, 1.807) is 0 Å². The van der Waals surface area contributed by atoms with Crippen molar-refractivity contribution >= 4 is 11.8 Å². The zero-order valence-electron chi connectivity index (χ0n) is 11.3. The van der Waals surface area contributed by atoms with Crippen molar-refractivity contribution in [3.05, 3.63) is 29.8 Å². The molecule has 3 heteroatoms. The highest BCUT2D eigenvalue weighted by Gasteiger charge is 2.30. The highest BCUT2D eigenvalue weighted by Crippen LogP contribution is 2.37. The Balaban J connectivity index is 2.13. The third kappa shape index (κ3) is 3.21. The largest absolute Gasteiger partial charge is 0.492 e. The summed E-state index contributed by atoms with van der Waals surface area (Å²) < 4.78 is 5.88. The third-order valence-corrected chi connectivity index (χ3v) is 4.66. The van der Waals surface area contributed by atoms with E-state index in [2.05, 4.69) is 43.4 Å². The van der Waals surface area contributed by atoms with E-state index in [1.807, 2.05) is 11.8 Å². The smallest absolute Gasteiger partial charge is 0.124 e. The van der Waals surface area contributed by atoms with Gasteiger partial charge >= 0.3 is 0 Å². The molecule has 1 aliphatic heterocycles. The van der Waals surface area contributed by atoms with Gasteiger partial charge in [0.15, 0.2) is 0 Å². The second-order valence-corrected chi connectivity index (χ2v) is 6.04. The molecule has 0 spiro atoms. The van der Waals surface area contributed by atoms with Crippen molar-refractivity contribution in [2.75, 3.05) is 18.9 Å². The molecule has 1 heterocycles. The van der Waals surface area contributed by atoms with Crippen LogP contribution in [0.4, 0.5) is 0 Å². The molecule has 2 unspecified atom stereocenters. The monoisotopic (exact) mass is 265 g/mol. The lowest BCUT2D eigenvalue weighted by atomic mass is 10.00. The maximum absolute atomic E-state index is 5.88. The Morgan fingerprint density at radius 2 is 2.11 bits per heavy atom. The van der Waals surface area contributed by atoms with Crippen LogP contribution in [0, 0.1) is 0 Å². The van der Waals surface area contributed by atoms with Crippen LogP contribution in [0.2, 0.25) is 0 Å². The molecule has 2 atom stereocenters. The van der Waals surface area contributed by atoms with E-state index in [4.69, 9.17) is 4.74 Å². The van der Waals surface area contributed by atoms with E-state index >= 15 is 0 Å². The number of thioether (sulfide) groups is 1. The predicted octanol–water partition coefficient (Wildman–Crippen LogP) is 3.63. The minimum absolute atomic E-state index is 0.437. The van der Waals surface area contributed by atoms with Crippen LogP contribution in [-0.2, 0) is 0 Å². The first-order valence-corrected chi connectivity index (χ1v) is 7.98. The Kier molecular flexibility index (Phi) is 5.39. The molecular formula is C15H23NOS. The average molecular weight is 265 g/mol. The standard InChI is InChI=1S/C15H23NOS/c1-3-9-16-15-12-7-5-6-8-13(12)17-11-14(15)18-10-4-2/h5-8,14-16H,3-4,9-11H2,1-2H3. The fraction of sp³-hybridized carbons (Fsp3) is 0.600. The zero-order chi connectivity index (χ0) is 12.8. The molecule has 1 aromatic rings. The number of nitrogens with one attached hydrogen (secondary N) is 1. The SMILES string of the molecule is CCCNC1c2ccccc2OCC1SCCC. The van der Waals surface area contributed by atoms with Gasteiger partial charge in [0.1, 0.15) is 12.4 Å². The Bertz CT molecular complexity index is 369. The van der Waals surface area contributed by atoms with Gasteiger partial charge in [-0.1, -0.05) is 32.0 Å². The van der Waals surface area contributed by atoms with E-state index in [0.29, 0.717) is 11.3 Å². The Hall–Kier alpha value is -0.670. The van der Waals surface area contributed by atoms with E-state index in [1.165, 1.54) is 24.2 Å². The van der Waals surface area contributed by atoms with Crippen molar-refractivity contribution in [1.29, 1.82) is 0 Å². The summed E-state index contributed by atoms with van der Waals surface area (Å²) in [6, 6.07) is 8.87. The first-order valence-electron chi connectivity index (χ1n) is 6.93. The Morgan fingerprint density at radius 1 is 1.28 bits per heavy atom. The zero-order valence-corrected chi connectivity index (χ0v) is 12.1. The molecule has 0 amide bonds. The molecule has 2 rings (SSSR count). The van der Waals surface area contributed by atoms with Crippen molar-refractivity contribution in [2.24, 2.45) is 0 Å². The molecule has 0 saturated carbocycles. The molecular weight excluding hydrogens is 242 g/mol. The number of benzene rings is 1. The third-order valence-electron chi connectivity index (χ3n) is 3.18. The second kappa shape index (κ2) is 7.05. The molecule has 100 valence electrons. The van der Waals surface area contributed by atoms with E-state index in [-0.39, 0.29) is 0 Å². The Labute approximate surface area is 114 Å². The molecule has 0 fully saturated rings. The molecule has 1 aliphatic rings. The lowest BCUT2D eigenvalue weighted by molar-refractivity contribution is 0.260. The maximum atomic E-state index is 5.88. The fourth-order valence-corrected chi connectivity index (χ4v) is 3.43. The van der Waals surface area contributed by atoms with Crippen LogP contribution in [0.15, 0.2) is 24.3 Å². The van der Waals surface area contributed by atoms with Crippen LogP contribution >= 0.6 is 11.8 Å². The van der Waals surface area contributed by atoms with Crippen molar-refractivity contribution in [2.45, 2.75) is 38.0 Å². The Morgan fingerprint density at radius 3 is 2.89 bits per heavy atom. The van der Waals surface area contributed by atoms with Crippen molar-refractivity contribution < 1.29 is 4.74 Å². The number of fused-ring (bicyclic) bond motifs is 1. The minimum atomic E-state index is 0.437. The number of rotatable bonds is 6. The summed E-state index contributed by atoms with van der Waals surface area (Å²) in [7, 11) is 0. The van der Waals surface area contributed by atoms with Crippen LogP contribution in [-0.4, -0.2) is 24.2 Å². The molecule has 18 heavy (non-hydrogen) atoms. The van der Waals surface area contributed by atoms with Gasteiger partial charge in [0.2, 0.25) is 0 Å². The molecule has 0 aliphatic carbocycles. The summed E-state index contributed by atoms with van der Waals surface area (Å²) in [5.41, 5.74) is 1.32. The number of hydrogen-bond acceptors (Lipinski definition) is 3. The quantitative estimate of drug-likeness (QED) is 0.848. The van der Waals surface area contributed by atoms with Gasteiger partial charge in [-0.25, -0.2) is 0 Å². The molecule has 0 aromatic heterocycles. The van der Waals surface area contributed by atoms with Crippen molar-refractivity contribution in [1.82, 2.24) is 5.32 Å². The van der Waals surface area contributed by atoms with Gasteiger partial charge in [0, 0.05) is 5.56 Å². The minimum Gasteiger partial charge on any atom is -0.492 e. The molecule has 0 saturated heterocycles. The van der Waals surface area contributed by atoms with Gasteiger partial charge in [-0.2, -0.15) is 11.8 Å². The van der Waals surface area contributed by atoms with Crippen LogP contribution in [0.1, 0.15) is 38.3 Å². The molecule has 0 bridgehead atoms. The molecule has 1 N–H and O–H groups in total. The first-order chi connectivity index (χ1) is 8.86. The van der Waals surface area contributed by atoms with Crippen molar-refractivity contribution in [3.8, 4) is 5.75 Å². The summed E-state index contributed by atoms with van der Waals surface area (Å²) in [5.74, 6) is 2.26. The number of hydrogen-bond donors (Lipinski definition) is 1. The van der Waals surface area contributed by atoms with Gasteiger partial charge < -0.3 is 10.1 Å². The van der Waals surface area contributed by atoms with Gasteiger partial charge in [-0.15, -0.1) is 0 Å². The topological polar surface area (TPSA) is 21.3 Å². The van der Waals surface area contributed by atoms with E-state index < -0.39 is 0 Å².